The predicted molar refractivity (Wildman–Crippen MR) is 108 cm³/mol. The summed E-state index contributed by atoms with van der Waals surface area (Å²) in [6.07, 6.45) is 3.21. The van der Waals surface area contributed by atoms with E-state index >= 15 is 0 Å². The van der Waals surface area contributed by atoms with Gasteiger partial charge < -0.3 is 19.1 Å². The van der Waals surface area contributed by atoms with Crippen LogP contribution >= 0.6 is 0 Å². The minimum atomic E-state index is -0.998. The van der Waals surface area contributed by atoms with E-state index in [1.165, 1.54) is 0 Å². The highest BCUT2D eigenvalue weighted by Gasteiger charge is 2.11. The highest BCUT2D eigenvalue weighted by molar-refractivity contribution is 5.68. The van der Waals surface area contributed by atoms with Crippen molar-refractivity contribution in [2.75, 3.05) is 6.61 Å². The first-order valence-corrected chi connectivity index (χ1v) is 9.21. The van der Waals surface area contributed by atoms with Crippen LogP contribution < -0.4 is 4.74 Å². The Labute approximate surface area is 168 Å². The fourth-order valence-corrected chi connectivity index (χ4v) is 2.60. The lowest BCUT2D eigenvalue weighted by molar-refractivity contribution is -0.139. The third kappa shape index (κ3) is 6.21. The van der Waals surface area contributed by atoms with Crippen LogP contribution in [0.2, 0.25) is 0 Å². The molecule has 2 aromatic carbocycles. The van der Waals surface area contributed by atoms with E-state index in [2.05, 4.69) is 10.1 Å². The molecule has 1 N–H and O–H groups in total. The summed E-state index contributed by atoms with van der Waals surface area (Å²) in [5.74, 6) is 0.819. The maximum atomic E-state index is 10.5. The maximum absolute atomic E-state index is 10.5. The lowest BCUT2D eigenvalue weighted by Gasteiger charge is -2.04. The van der Waals surface area contributed by atoms with Crippen LogP contribution in [0.5, 0.6) is 5.75 Å². The quantitative estimate of drug-likeness (QED) is 0.408. The molecule has 7 heteroatoms. The van der Waals surface area contributed by atoms with Gasteiger partial charge in [0.05, 0.1) is 0 Å². The second-order valence-electron chi connectivity index (χ2n) is 6.31. The molecule has 0 atom stereocenters. The molecule has 7 nitrogen and oxygen atoms in total. The standard InChI is InChI=1S/C22H22N2O5/c1-16-20(24-22(29-16)18-7-3-2-4-8-18)14-28-23-13-5-6-17-9-11-19(12-10-17)27-15-21(25)26/h2-4,7-13H,5-6,14-15H2,1H3,(H,25,26). The van der Waals surface area contributed by atoms with Gasteiger partial charge in [-0.3, -0.25) is 0 Å². The number of carboxylic acid groups (broad SMARTS) is 1. The van der Waals surface area contributed by atoms with Gasteiger partial charge in [-0.1, -0.05) is 35.5 Å². The van der Waals surface area contributed by atoms with Crippen molar-refractivity contribution in [3.8, 4) is 17.2 Å². The van der Waals surface area contributed by atoms with E-state index in [1.54, 1.807) is 18.3 Å². The molecule has 0 aliphatic carbocycles. The van der Waals surface area contributed by atoms with Crippen LogP contribution in [0.1, 0.15) is 23.4 Å². The van der Waals surface area contributed by atoms with Crippen molar-refractivity contribution < 1.29 is 23.9 Å². The van der Waals surface area contributed by atoms with Crippen LogP contribution in [0.3, 0.4) is 0 Å². The number of aromatic nitrogens is 1. The van der Waals surface area contributed by atoms with Gasteiger partial charge in [-0.05, 0) is 49.6 Å². The summed E-state index contributed by atoms with van der Waals surface area (Å²) in [5, 5.41) is 12.6. The van der Waals surface area contributed by atoms with Crippen molar-refractivity contribution in [2.24, 2.45) is 5.16 Å². The van der Waals surface area contributed by atoms with Crippen molar-refractivity contribution in [2.45, 2.75) is 26.4 Å². The van der Waals surface area contributed by atoms with Crippen molar-refractivity contribution in [1.29, 1.82) is 0 Å². The first-order valence-electron chi connectivity index (χ1n) is 9.21. The lowest BCUT2D eigenvalue weighted by atomic mass is 10.1. The Hall–Kier alpha value is -3.61. The summed E-state index contributed by atoms with van der Waals surface area (Å²) in [7, 11) is 0. The minimum absolute atomic E-state index is 0.244. The second-order valence-corrected chi connectivity index (χ2v) is 6.31. The first kappa shape index (κ1) is 20.1. The Morgan fingerprint density at radius 1 is 1.17 bits per heavy atom. The molecule has 1 aromatic heterocycles. The largest absolute Gasteiger partial charge is 0.482 e. The molecule has 0 amide bonds. The monoisotopic (exact) mass is 394 g/mol. The molecule has 0 aliphatic rings. The summed E-state index contributed by atoms with van der Waals surface area (Å²) in [6.45, 7) is 1.75. The lowest BCUT2D eigenvalue weighted by Crippen LogP contribution is -2.09. The number of aryl methyl sites for hydroxylation is 2. The van der Waals surface area contributed by atoms with Crippen molar-refractivity contribution in [3.63, 3.8) is 0 Å². The number of hydrogen-bond donors (Lipinski definition) is 1. The van der Waals surface area contributed by atoms with Gasteiger partial charge in [0.25, 0.3) is 0 Å². The summed E-state index contributed by atoms with van der Waals surface area (Å²) in [5.41, 5.74) is 2.74. The van der Waals surface area contributed by atoms with Crippen LogP contribution in [0.15, 0.2) is 64.2 Å². The molecule has 29 heavy (non-hydrogen) atoms. The van der Waals surface area contributed by atoms with Crippen LogP contribution in [0.4, 0.5) is 0 Å². The number of aliphatic carboxylic acids is 1. The molecular weight excluding hydrogens is 372 g/mol. The van der Waals surface area contributed by atoms with E-state index in [-0.39, 0.29) is 13.2 Å². The highest BCUT2D eigenvalue weighted by atomic mass is 16.6. The van der Waals surface area contributed by atoms with Crippen LogP contribution in [-0.2, 0) is 22.7 Å². The summed E-state index contributed by atoms with van der Waals surface area (Å²) < 4.78 is 10.8. The summed E-state index contributed by atoms with van der Waals surface area (Å²) >= 11 is 0. The molecule has 0 radical (unpaired) electrons. The Kier molecular flexibility index (Phi) is 7.00. The fraction of sp³-hybridized carbons (Fsp3) is 0.227. The van der Waals surface area contributed by atoms with Crippen LogP contribution in [-0.4, -0.2) is 28.9 Å². The summed E-state index contributed by atoms with van der Waals surface area (Å²) in [4.78, 5) is 20.3. The number of carboxylic acids is 1. The molecule has 0 saturated carbocycles. The van der Waals surface area contributed by atoms with Gasteiger partial charge in [-0.15, -0.1) is 0 Å². The second kappa shape index (κ2) is 10.1. The van der Waals surface area contributed by atoms with Crippen LogP contribution in [0.25, 0.3) is 11.5 Å². The highest BCUT2D eigenvalue weighted by Crippen LogP contribution is 2.21. The predicted octanol–water partition coefficient (Wildman–Crippen LogP) is 4.25. The maximum Gasteiger partial charge on any atom is 0.341 e. The Bertz CT molecular complexity index is 949. The minimum Gasteiger partial charge on any atom is -0.482 e. The SMILES string of the molecule is Cc1oc(-c2ccccc2)nc1CON=CCCc1ccc(OCC(=O)O)cc1. The molecule has 0 aliphatic heterocycles. The zero-order valence-corrected chi connectivity index (χ0v) is 16.1. The van der Waals surface area contributed by atoms with Gasteiger partial charge in [0.15, 0.2) is 13.2 Å². The molecular formula is C22H22N2O5. The van der Waals surface area contributed by atoms with Crippen molar-refractivity contribution in [1.82, 2.24) is 4.98 Å². The molecule has 3 rings (SSSR count). The number of nitrogens with zero attached hydrogens (tertiary/aromatic N) is 2. The number of benzene rings is 2. The van der Waals surface area contributed by atoms with E-state index in [0.717, 1.165) is 23.2 Å². The number of oxazole rings is 1. The molecule has 0 saturated heterocycles. The first-order chi connectivity index (χ1) is 14.1. The number of rotatable bonds is 10. The van der Waals surface area contributed by atoms with Crippen LogP contribution in [0, 0.1) is 6.92 Å². The smallest absolute Gasteiger partial charge is 0.341 e. The van der Waals surface area contributed by atoms with Gasteiger partial charge in [-0.2, -0.15) is 0 Å². The fourth-order valence-electron chi connectivity index (χ4n) is 2.60. The van der Waals surface area contributed by atoms with Gasteiger partial charge in [-0.25, -0.2) is 9.78 Å². The molecule has 0 spiro atoms. The summed E-state index contributed by atoms with van der Waals surface area (Å²) in [6, 6.07) is 17.0. The molecule has 0 unspecified atom stereocenters. The number of carbonyl (C=O) groups is 1. The van der Waals surface area contributed by atoms with Crippen molar-refractivity contribution >= 4 is 12.2 Å². The number of hydrogen-bond acceptors (Lipinski definition) is 6. The third-order valence-corrected chi connectivity index (χ3v) is 4.11. The zero-order chi connectivity index (χ0) is 20.5. The van der Waals surface area contributed by atoms with E-state index in [1.807, 2.05) is 49.4 Å². The normalized spacial score (nSPS) is 10.9. The Morgan fingerprint density at radius 3 is 2.66 bits per heavy atom. The molecule has 1 heterocycles. The van der Waals surface area contributed by atoms with E-state index in [9.17, 15) is 4.79 Å². The van der Waals surface area contributed by atoms with Crippen molar-refractivity contribution in [3.05, 3.63) is 71.6 Å². The van der Waals surface area contributed by atoms with Gasteiger partial charge >= 0.3 is 5.97 Å². The third-order valence-electron chi connectivity index (χ3n) is 4.11. The number of oxime groups is 1. The molecule has 3 aromatic rings. The Balaban J connectivity index is 1.41. The molecule has 0 bridgehead atoms. The Morgan fingerprint density at radius 2 is 1.93 bits per heavy atom. The molecule has 0 fully saturated rings. The van der Waals surface area contributed by atoms with E-state index in [0.29, 0.717) is 23.8 Å². The van der Waals surface area contributed by atoms with Gasteiger partial charge in [0, 0.05) is 11.8 Å². The average Bonchev–Trinajstić information content (AvgIpc) is 3.11. The van der Waals surface area contributed by atoms with Gasteiger partial charge in [0.2, 0.25) is 5.89 Å². The van der Waals surface area contributed by atoms with E-state index < -0.39 is 5.97 Å². The van der Waals surface area contributed by atoms with E-state index in [4.69, 9.17) is 19.1 Å². The van der Waals surface area contributed by atoms with Gasteiger partial charge in [0.1, 0.15) is 17.2 Å². The molecule has 150 valence electrons. The number of ether oxygens (including phenoxy) is 1. The topological polar surface area (TPSA) is 94.2 Å². The zero-order valence-electron chi connectivity index (χ0n) is 16.1. The average molecular weight is 394 g/mol.